The molecule has 0 bridgehead atoms. The molecule has 2 unspecified atom stereocenters. The third-order valence-corrected chi connectivity index (χ3v) is 4.92. The minimum Gasteiger partial charge on any atom is -0.486 e. The number of amides is 2. The molecule has 1 fully saturated rings. The standard InChI is InChI=1S/C21H23N3O4/c1-24(2)15-6-3-13(4-7-15)22-20(25)16-12-17(16)21(26)23-14-5-8-18-19(11-14)28-10-9-27-18/h3-8,11,16-17H,9-10,12H2,1-2H3,(H,22,25)(H,23,26). The molecule has 1 heterocycles. The normalized spacial score (nSPS) is 19.5. The van der Waals surface area contributed by atoms with E-state index in [0.717, 1.165) is 11.4 Å². The maximum absolute atomic E-state index is 12.5. The Kier molecular flexibility index (Phi) is 4.81. The quantitative estimate of drug-likeness (QED) is 0.833. The van der Waals surface area contributed by atoms with Gasteiger partial charge < -0.3 is 25.0 Å². The number of benzene rings is 2. The number of carbonyl (C=O) groups is 2. The molecule has 0 saturated heterocycles. The lowest BCUT2D eigenvalue weighted by atomic mass is 10.2. The Hall–Kier alpha value is -3.22. The third kappa shape index (κ3) is 3.88. The Balaban J connectivity index is 1.32. The number of nitrogens with one attached hydrogen (secondary N) is 2. The predicted octanol–water partition coefficient (Wildman–Crippen LogP) is 2.74. The van der Waals surface area contributed by atoms with E-state index in [9.17, 15) is 9.59 Å². The van der Waals surface area contributed by atoms with Crippen LogP contribution in [-0.4, -0.2) is 39.1 Å². The maximum Gasteiger partial charge on any atom is 0.228 e. The van der Waals surface area contributed by atoms with Crippen LogP contribution in [0.3, 0.4) is 0 Å². The van der Waals surface area contributed by atoms with Gasteiger partial charge in [0.1, 0.15) is 13.2 Å². The van der Waals surface area contributed by atoms with Gasteiger partial charge in [-0.3, -0.25) is 9.59 Å². The highest BCUT2D eigenvalue weighted by atomic mass is 16.6. The second-order valence-corrected chi connectivity index (χ2v) is 7.23. The van der Waals surface area contributed by atoms with Crippen LogP contribution in [0.1, 0.15) is 6.42 Å². The summed E-state index contributed by atoms with van der Waals surface area (Å²) in [6, 6.07) is 12.9. The van der Waals surface area contributed by atoms with Gasteiger partial charge in [-0.1, -0.05) is 0 Å². The molecular weight excluding hydrogens is 358 g/mol. The molecule has 1 saturated carbocycles. The van der Waals surface area contributed by atoms with Crippen molar-refractivity contribution in [1.29, 1.82) is 0 Å². The number of anilines is 3. The molecular formula is C21H23N3O4. The average molecular weight is 381 g/mol. The number of ether oxygens (including phenoxy) is 2. The van der Waals surface area contributed by atoms with Gasteiger partial charge in [0.2, 0.25) is 11.8 Å². The molecule has 2 amide bonds. The van der Waals surface area contributed by atoms with Crippen LogP contribution in [0.2, 0.25) is 0 Å². The van der Waals surface area contributed by atoms with Gasteiger partial charge in [0.05, 0.1) is 11.8 Å². The highest BCUT2D eigenvalue weighted by Gasteiger charge is 2.48. The van der Waals surface area contributed by atoms with Crippen LogP contribution in [0.4, 0.5) is 17.1 Å². The fraction of sp³-hybridized carbons (Fsp3) is 0.333. The molecule has 2 atom stereocenters. The van der Waals surface area contributed by atoms with Gasteiger partial charge in [-0.2, -0.15) is 0 Å². The van der Waals surface area contributed by atoms with Crippen molar-refractivity contribution in [3.63, 3.8) is 0 Å². The summed E-state index contributed by atoms with van der Waals surface area (Å²) in [7, 11) is 3.92. The van der Waals surface area contributed by atoms with Gasteiger partial charge >= 0.3 is 0 Å². The van der Waals surface area contributed by atoms with Gasteiger partial charge in [0.15, 0.2) is 11.5 Å². The van der Waals surface area contributed by atoms with Crippen LogP contribution in [-0.2, 0) is 9.59 Å². The first-order valence-electron chi connectivity index (χ1n) is 9.30. The van der Waals surface area contributed by atoms with Crippen LogP contribution in [0.5, 0.6) is 11.5 Å². The minimum absolute atomic E-state index is 0.125. The molecule has 146 valence electrons. The van der Waals surface area contributed by atoms with Crippen molar-refractivity contribution in [2.45, 2.75) is 6.42 Å². The molecule has 1 aliphatic carbocycles. The molecule has 7 heteroatoms. The molecule has 0 aromatic heterocycles. The zero-order valence-corrected chi connectivity index (χ0v) is 15.9. The number of fused-ring (bicyclic) bond motifs is 1. The fourth-order valence-corrected chi connectivity index (χ4v) is 3.21. The molecule has 4 rings (SSSR count). The molecule has 0 spiro atoms. The summed E-state index contributed by atoms with van der Waals surface area (Å²) in [6.45, 7) is 1.01. The number of hydrogen-bond acceptors (Lipinski definition) is 5. The lowest BCUT2D eigenvalue weighted by Gasteiger charge is -2.19. The van der Waals surface area contributed by atoms with E-state index in [1.807, 2.05) is 43.3 Å². The Bertz CT molecular complexity index is 895. The molecule has 0 radical (unpaired) electrons. The van der Waals surface area contributed by atoms with E-state index in [4.69, 9.17) is 9.47 Å². The van der Waals surface area contributed by atoms with E-state index < -0.39 is 0 Å². The van der Waals surface area contributed by atoms with E-state index in [-0.39, 0.29) is 23.7 Å². The van der Waals surface area contributed by atoms with Crippen molar-refractivity contribution in [3.05, 3.63) is 42.5 Å². The zero-order valence-electron chi connectivity index (χ0n) is 15.9. The van der Waals surface area contributed by atoms with Crippen molar-refractivity contribution in [1.82, 2.24) is 0 Å². The lowest BCUT2D eigenvalue weighted by molar-refractivity contribution is -0.122. The maximum atomic E-state index is 12.5. The summed E-state index contributed by atoms with van der Waals surface area (Å²) >= 11 is 0. The van der Waals surface area contributed by atoms with E-state index in [1.54, 1.807) is 18.2 Å². The Morgan fingerprint density at radius 2 is 1.43 bits per heavy atom. The van der Waals surface area contributed by atoms with E-state index >= 15 is 0 Å². The molecule has 2 aromatic rings. The van der Waals surface area contributed by atoms with Crippen molar-refractivity contribution >= 4 is 28.9 Å². The van der Waals surface area contributed by atoms with Gasteiger partial charge in [-0.05, 0) is 42.8 Å². The number of rotatable bonds is 5. The Morgan fingerprint density at radius 1 is 0.857 bits per heavy atom. The highest BCUT2D eigenvalue weighted by molar-refractivity contribution is 6.03. The molecule has 7 nitrogen and oxygen atoms in total. The number of carbonyl (C=O) groups excluding carboxylic acids is 2. The first-order chi connectivity index (χ1) is 13.5. The summed E-state index contributed by atoms with van der Waals surface area (Å²) in [5.41, 5.74) is 2.43. The second-order valence-electron chi connectivity index (χ2n) is 7.23. The number of nitrogens with zero attached hydrogens (tertiary/aromatic N) is 1. The summed E-state index contributed by atoms with van der Waals surface area (Å²) in [4.78, 5) is 26.9. The summed E-state index contributed by atoms with van der Waals surface area (Å²) in [5.74, 6) is 0.406. The molecule has 28 heavy (non-hydrogen) atoms. The molecule has 1 aliphatic heterocycles. The fourth-order valence-electron chi connectivity index (χ4n) is 3.21. The van der Waals surface area contributed by atoms with Crippen LogP contribution in [0.15, 0.2) is 42.5 Å². The van der Waals surface area contributed by atoms with Crippen LogP contribution in [0, 0.1) is 11.8 Å². The second kappa shape index (κ2) is 7.42. The van der Waals surface area contributed by atoms with E-state index in [1.165, 1.54) is 0 Å². The SMILES string of the molecule is CN(C)c1ccc(NC(=O)C2CC2C(=O)Nc2ccc3c(c2)OCCO3)cc1. The third-order valence-electron chi connectivity index (χ3n) is 4.92. The van der Waals surface area contributed by atoms with Crippen LogP contribution < -0.4 is 25.0 Å². The van der Waals surface area contributed by atoms with Crippen LogP contribution >= 0.6 is 0 Å². The Labute approximate surface area is 163 Å². The van der Waals surface area contributed by atoms with Gasteiger partial charge in [0.25, 0.3) is 0 Å². The first-order valence-corrected chi connectivity index (χ1v) is 9.30. The summed E-state index contributed by atoms with van der Waals surface area (Å²) in [6.07, 6.45) is 0.554. The van der Waals surface area contributed by atoms with Crippen LogP contribution in [0.25, 0.3) is 0 Å². The zero-order chi connectivity index (χ0) is 19.7. The van der Waals surface area contributed by atoms with Gasteiger partial charge in [0, 0.05) is 37.2 Å². The monoisotopic (exact) mass is 381 g/mol. The lowest BCUT2D eigenvalue weighted by Crippen LogP contribution is -2.21. The summed E-state index contributed by atoms with van der Waals surface area (Å²) < 4.78 is 11.0. The van der Waals surface area contributed by atoms with Crippen molar-refractivity contribution in [2.75, 3.05) is 42.8 Å². The van der Waals surface area contributed by atoms with Crippen molar-refractivity contribution in [2.24, 2.45) is 11.8 Å². The highest BCUT2D eigenvalue weighted by Crippen LogP contribution is 2.41. The first kappa shape index (κ1) is 18.2. The number of hydrogen-bond donors (Lipinski definition) is 2. The average Bonchev–Trinajstić information content (AvgIpc) is 3.49. The van der Waals surface area contributed by atoms with E-state index in [2.05, 4.69) is 10.6 Å². The molecule has 2 aromatic carbocycles. The van der Waals surface area contributed by atoms with Gasteiger partial charge in [-0.25, -0.2) is 0 Å². The molecule has 2 N–H and O–H groups in total. The minimum atomic E-state index is -0.311. The van der Waals surface area contributed by atoms with Crippen molar-refractivity contribution < 1.29 is 19.1 Å². The Morgan fingerprint density at radius 3 is 2.07 bits per heavy atom. The van der Waals surface area contributed by atoms with E-state index in [0.29, 0.717) is 36.8 Å². The van der Waals surface area contributed by atoms with Gasteiger partial charge in [-0.15, -0.1) is 0 Å². The smallest absolute Gasteiger partial charge is 0.228 e. The largest absolute Gasteiger partial charge is 0.486 e. The summed E-state index contributed by atoms with van der Waals surface area (Å²) in [5, 5.41) is 5.75. The van der Waals surface area contributed by atoms with Crippen molar-refractivity contribution in [3.8, 4) is 11.5 Å². The topological polar surface area (TPSA) is 79.9 Å². The molecule has 2 aliphatic rings. The predicted molar refractivity (Wildman–Crippen MR) is 107 cm³/mol.